The maximum Gasteiger partial charge on any atom is 0.0541 e. The van der Waals surface area contributed by atoms with Crippen LogP contribution in [-0.4, -0.2) is 10.6 Å². The maximum absolute atomic E-state index is 4.00. The Hall–Kier alpha value is -5.60. The van der Waals surface area contributed by atoms with Crippen molar-refractivity contribution >= 4 is 22.7 Å². The van der Waals surface area contributed by atoms with Crippen molar-refractivity contribution in [2.24, 2.45) is 5.92 Å². The summed E-state index contributed by atoms with van der Waals surface area (Å²) in [5.74, 6) is 0.805. The minimum absolute atomic E-state index is 0.238. The smallest absolute Gasteiger partial charge is 0.0541 e. The standard InChI is InChI=1S/C52H46N2/c1-51(36-20-8-4-9-21-36)42-30-32-46-48(40-26-13-15-28-45(40)54(46)38-24-16-19-35(33-38)34-17-6-3-7-18-34)50(42)52(2,37-22-10-5-11-23-37)41-29-31-44-47(49(41)51)39-25-12-14-27-43(39)53-44/h3-11,13-14,16-20,22-24,26-27,29-33,36,39,43,53H,12,15,21,25,28H2,1-2H3. The number of nitrogens with one attached hydrogen (secondary N) is 1. The topological polar surface area (TPSA) is 17.0 Å². The first-order valence-corrected chi connectivity index (χ1v) is 20.1. The molecule has 0 radical (unpaired) electrons. The van der Waals surface area contributed by atoms with Crippen LogP contribution in [0, 0.1) is 5.92 Å². The van der Waals surface area contributed by atoms with E-state index in [1.807, 2.05) is 0 Å². The van der Waals surface area contributed by atoms with Gasteiger partial charge in [-0.05, 0) is 114 Å². The van der Waals surface area contributed by atoms with Gasteiger partial charge in [-0.2, -0.15) is 0 Å². The third kappa shape index (κ3) is 4.34. The molecule has 0 fully saturated rings. The Morgan fingerprint density at radius 1 is 0.704 bits per heavy atom. The van der Waals surface area contributed by atoms with Gasteiger partial charge in [0.1, 0.15) is 0 Å². The fraction of sp³-hybridized carbons (Fsp3) is 0.231. The summed E-state index contributed by atoms with van der Waals surface area (Å²) in [6, 6.07) is 41.8. The highest BCUT2D eigenvalue weighted by Gasteiger charge is 2.54. The van der Waals surface area contributed by atoms with Crippen molar-refractivity contribution in [1.29, 1.82) is 0 Å². The lowest BCUT2D eigenvalue weighted by Crippen LogP contribution is -2.45. The summed E-state index contributed by atoms with van der Waals surface area (Å²) in [4.78, 5) is 0. The van der Waals surface area contributed by atoms with Crippen LogP contribution in [0.25, 0.3) is 33.8 Å². The van der Waals surface area contributed by atoms with E-state index < -0.39 is 0 Å². The van der Waals surface area contributed by atoms with E-state index in [2.05, 4.69) is 182 Å². The molecule has 2 heterocycles. The Morgan fingerprint density at radius 2 is 1.52 bits per heavy atom. The van der Waals surface area contributed by atoms with Gasteiger partial charge in [0.15, 0.2) is 0 Å². The number of anilines is 1. The van der Waals surface area contributed by atoms with Crippen molar-refractivity contribution < 1.29 is 0 Å². The zero-order valence-electron chi connectivity index (χ0n) is 31.2. The Labute approximate surface area is 319 Å². The van der Waals surface area contributed by atoms with E-state index in [9.17, 15) is 0 Å². The van der Waals surface area contributed by atoms with E-state index in [0.717, 1.165) is 25.7 Å². The normalized spacial score (nSPS) is 25.8. The molecule has 264 valence electrons. The van der Waals surface area contributed by atoms with Crippen LogP contribution < -0.4 is 5.32 Å². The number of rotatable bonds is 4. The third-order valence-electron chi connectivity index (χ3n) is 13.9. The number of hydrogen-bond acceptors (Lipinski definition) is 1. The molecule has 4 aliphatic carbocycles. The average Bonchev–Trinajstić information content (AvgIpc) is 3.79. The number of hydrogen-bond donors (Lipinski definition) is 1. The van der Waals surface area contributed by atoms with Crippen LogP contribution in [0.2, 0.25) is 0 Å². The van der Waals surface area contributed by atoms with E-state index in [4.69, 9.17) is 0 Å². The summed E-state index contributed by atoms with van der Waals surface area (Å²) in [5.41, 5.74) is 17.5. The van der Waals surface area contributed by atoms with Gasteiger partial charge in [-0.1, -0.05) is 140 Å². The molecule has 11 rings (SSSR count). The van der Waals surface area contributed by atoms with Crippen LogP contribution in [0.1, 0.15) is 90.1 Å². The van der Waals surface area contributed by atoms with Gasteiger partial charge in [-0.15, -0.1) is 0 Å². The lowest BCUT2D eigenvalue weighted by molar-refractivity contribution is 0.383. The molecule has 1 aliphatic heterocycles. The first-order chi connectivity index (χ1) is 26.6. The van der Waals surface area contributed by atoms with E-state index in [1.165, 1.54) is 73.3 Å². The molecule has 5 atom stereocenters. The van der Waals surface area contributed by atoms with Gasteiger partial charge in [0.25, 0.3) is 0 Å². The molecule has 2 heteroatoms. The SMILES string of the molecule is CC1(c2ccccc2)c2ccc3c(c2C(C)(C2C=CC=CC2)c2ccc4c(c5c(n4-c4cccc(-c6ccccc6)c4)CCC=C5)c21)C1CCC=CC1N3. The van der Waals surface area contributed by atoms with Crippen molar-refractivity contribution in [2.75, 3.05) is 5.32 Å². The third-order valence-corrected chi connectivity index (χ3v) is 13.9. The van der Waals surface area contributed by atoms with Gasteiger partial charge in [0, 0.05) is 44.8 Å². The minimum Gasteiger partial charge on any atom is -0.378 e. The van der Waals surface area contributed by atoms with Gasteiger partial charge >= 0.3 is 0 Å². The molecular formula is C52H46N2. The molecule has 0 saturated heterocycles. The lowest BCUT2D eigenvalue weighted by atomic mass is 9.51. The Kier molecular flexibility index (Phi) is 7.06. The van der Waals surface area contributed by atoms with Crippen LogP contribution >= 0.6 is 0 Å². The highest BCUT2D eigenvalue weighted by atomic mass is 15.0. The molecule has 0 bridgehead atoms. The van der Waals surface area contributed by atoms with Crippen LogP contribution in [0.3, 0.4) is 0 Å². The molecule has 5 aliphatic rings. The Bertz CT molecular complexity index is 2600. The van der Waals surface area contributed by atoms with Gasteiger partial charge in [0.2, 0.25) is 0 Å². The molecule has 1 aromatic heterocycles. The van der Waals surface area contributed by atoms with Crippen LogP contribution in [0.15, 0.2) is 152 Å². The van der Waals surface area contributed by atoms with Crippen molar-refractivity contribution in [2.45, 2.75) is 68.7 Å². The predicted molar refractivity (Wildman–Crippen MR) is 226 cm³/mol. The molecule has 0 spiro atoms. The Morgan fingerprint density at radius 3 is 2.35 bits per heavy atom. The molecule has 2 nitrogen and oxygen atoms in total. The summed E-state index contributed by atoms with van der Waals surface area (Å²) in [6.45, 7) is 5.15. The van der Waals surface area contributed by atoms with Crippen LogP contribution in [0.4, 0.5) is 5.69 Å². The number of allylic oxidation sites excluding steroid dienone is 6. The van der Waals surface area contributed by atoms with E-state index in [0.29, 0.717) is 17.9 Å². The Balaban J connectivity index is 1.26. The summed E-state index contributed by atoms with van der Waals surface area (Å²) in [5, 5.41) is 5.41. The molecule has 5 aromatic carbocycles. The second kappa shape index (κ2) is 12.0. The number of fused-ring (bicyclic) bond motifs is 10. The van der Waals surface area contributed by atoms with Crippen molar-refractivity contribution in [3.8, 4) is 16.8 Å². The first-order valence-electron chi connectivity index (χ1n) is 20.1. The molecule has 0 saturated carbocycles. The van der Waals surface area contributed by atoms with Gasteiger partial charge < -0.3 is 9.88 Å². The molecule has 54 heavy (non-hydrogen) atoms. The van der Waals surface area contributed by atoms with Crippen molar-refractivity contribution in [1.82, 2.24) is 4.57 Å². The average molecular weight is 699 g/mol. The fourth-order valence-corrected chi connectivity index (χ4v) is 11.3. The van der Waals surface area contributed by atoms with Crippen molar-refractivity contribution in [3.05, 3.63) is 196 Å². The second-order valence-electron chi connectivity index (χ2n) is 16.5. The number of nitrogens with zero attached hydrogens (tertiary/aromatic N) is 1. The molecule has 1 N–H and O–H groups in total. The molecule has 6 aromatic rings. The lowest BCUT2D eigenvalue weighted by Gasteiger charge is -2.51. The number of aromatic nitrogens is 1. The largest absolute Gasteiger partial charge is 0.378 e. The van der Waals surface area contributed by atoms with Gasteiger partial charge in [-0.25, -0.2) is 0 Å². The van der Waals surface area contributed by atoms with E-state index >= 15 is 0 Å². The second-order valence-corrected chi connectivity index (χ2v) is 16.5. The molecule has 5 unspecified atom stereocenters. The van der Waals surface area contributed by atoms with Crippen LogP contribution in [-0.2, 0) is 17.3 Å². The highest BCUT2D eigenvalue weighted by molar-refractivity contribution is 5.99. The van der Waals surface area contributed by atoms with Crippen molar-refractivity contribution in [3.63, 3.8) is 0 Å². The highest BCUT2D eigenvalue weighted by Crippen LogP contribution is 2.62. The van der Waals surface area contributed by atoms with E-state index in [-0.39, 0.29) is 10.8 Å². The van der Waals surface area contributed by atoms with Gasteiger partial charge in [-0.3, -0.25) is 0 Å². The maximum atomic E-state index is 4.00. The first kappa shape index (κ1) is 31.9. The molecule has 0 amide bonds. The summed E-state index contributed by atoms with van der Waals surface area (Å²) >= 11 is 0. The number of benzene rings is 5. The predicted octanol–water partition coefficient (Wildman–Crippen LogP) is 12.6. The van der Waals surface area contributed by atoms with Crippen LogP contribution in [0.5, 0.6) is 0 Å². The summed E-state index contributed by atoms with van der Waals surface area (Å²) in [7, 11) is 0. The quantitative estimate of drug-likeness (QED) is 0.181. The molecular weight excluding hydrogens is 653 g/mol. The minimum atomic E-state index is -0.381. The fourth-order valence-electron chi connectivity index (χ4n) is 11.3. The monoisotopic (exact) mass is 698 g/mol. The van der Waals surface area contributed by atoms with Gasteiger partial charge in [0.05, 0.1) is 11.6 Å². The summed E-state index contributed by atoms with van der Waals surface area (Å²) < 4.78 is 2.61. The van der Waals surface area contributed by atoms with E-state index in [1.54, 1.807) is 11.1 Å². The zero-order valence-corrected chi connectivity index (χ0v) is 31.2. The summed E-state index contributed by atoms with van der Waals surface area (Å²) in [6.07, 6.45) is 24.6. The zero-order chi connectivity index (χ0) is 36.0.